The number of hydrogen-bond acceptors (Lipinski definition) is 4. The number of hydrogen-bond donors (Lipinski definition) is 2. The number of sulfonamides is 1. The highest BCUT2D eigenvalue weighted by atomic mass is 32.2. The summed E-state index contributed by atoms with van der Waals surface area (Å²) in [4.78, 5) is 27.3. The summed E-state index contributed by atoms with van der Waals surface area (Å²) in [7, 11) is -4.01. The van der Waals surface area contributed by atoms with Gasteiger partial charge in [0.05, 0.1) is 4.90 Å². The Morgan fingerprint density at radius 3 is 2.57 bits per heavy atom. The molecule has 2 unspecified atom stereocenters. The molecule has 2 aliphatic rings. The number of carbonyl (C=O) groups excluding carboxylic acids is 2. The third-order valence-electron chi connectivity index (χ3n) is 6.61. The molecule has 0 aliphatic carbocycles. The maximum atomic E-state index is 13.9. The molecule has 3 aromatic rings. The van der Waals surface area contributed by atoms with Crippen molar-refractivity contribution < 1.29 is 18.0 Å². The van der Waals surface area contributed by atoms with E-state index < -0.39 is 16.1 Å². The van der Waals surface area contributed by atoms with Gasteiger partial charge in [-0.15, -0.1) is 0 Å². The van der Waals surface area contributed by atoms with Crippen molar-refractivity contribution in [3.05, 3.63) is 89.5 Å². The lowest BCUT2D eigenvalue weighted by Gasteiger charge is -2.28. The van der Waals surface area contributed by atoms with Gasteiger partial charge in [0.15, 0.2) is 0 Å². The zero-order valence-electron chi connectivity index (χ0n) is 19.4. The summed E-state index contributed by atoms with van der Waals surface area (Å²) in [5.41, 5.74) is 4.15. The quantitative estimate of drug-likeness (QED) is 0.555. The number of aryl methyl sites for hydroxylation is 1. The highest BCUT2D eigenvalue weighted by molar-refractivity contribution is 7.89. The Bertz CT molecular complexity index is 1390. The Labute approximate surface area is 205 Å². The molecule has 0 aromatic heterocycles. The van der Waals surface area contributed by atoms with Crippen LogP contribution < -0.4 is 14.9 Å². The molecular weight excluding hydrogens is 462 g/mol. The fourth-order valence-electron chi connectivity index (χ4n) is 4.88. The summed E-state index contributed by atoms with van der Waals surface area (Å²) >= 11 is 0. The van der Waals surface area contributed by atoms with E-state index in [1.807, 2.05) is 61.5 Å². The van der Waals surface area contributed by atoms with Gasteiger partial charge in [-0.1, -0.05) is 48.5 Å². The van der Waals surface area contributed by atoms with E-state index in [0.717, 1.165) is 28.8 Å². The molecule has 180 valence electrons. The predicted molar refractivity (Wildman–Crippen MR) is 135 cm³/mol. The molecule has 35 heavy (non-hydrogen) atoms. The first-order valence-corrected chi connectivity index (χ1v) is 13.2. The van der Waals surface area contributed by atoms with Gasteiger partial charge in [-0.05, 0) is 67.1 Å². The number of nitrogens with one attached hydrogen (secondary N) is 2. The molecule has 3 aromatic carbocycles. The van der Waals surface area contributed by atoms with Crippen LogP contribution in [0, 0.1) is 0 Å². The molecule has 0 spiro atoms. The number of amides is 2. The SMILES string of the molecule is CC1Cc2ccccc2N1C(=O)C(Cc1ccccc1)NS(=O)(=O)c1ccc2c(c1)CCC(=O)N2. The van der Waals surface area contributed by atoms with Crippen LogP contribution in [-0.4, -0.2) is 32.3 Å². The monoisotopic (exact) mass is 489 g/mol. The normalized spacial score (nSPS) is 17.9. The molecule has 0 bridgehead atoms. The van der Waals surface area contributed by atoms with Crippen molar-refractivity contribution in [3.8, 4) is 0 Å². The first kappa shape index (κ1) is 23.3. The first-order valence-electron chi connectivity index (χ1n) is 11.7. The summed E-state index contributed by atoms with van der Waals surface area (Å²) in [5.74, 6) is -0.361. The maximum Gasteiger partial charge on any atom is 0.245 e. The number of nitrogens with zero attached hydrogens (tertiary/aromatic N) is 1. The second-order valence-electron chi connectivity index (χ2n) is 9.12. The summed E-state index contributed by atoms with van der Waals surface area (Å²) in [5, 5.41) is 2.77. The van der Waals surface area contributed by atoms with Crippen LogP contribution >= 0.6 is 0 Å². The molecule has 2 N–H and O–H groups in total. The summed E-state index contributed by atoms with van der Waals surface area (Å²) in [6, 6.07) is 20.7. The standard InChI is InChI=1S/C27H27N3O4S/c1-18-15-21-9-5-6-10-25(21)30(18)27(32)24(16-19-7-3-2-4-8-19)29-35(33,34)22-12-13-23-20(17-22)11-14-26(31)28-23/h2-10,12-13,17-18,24,29H,11,14-16H2,1H3,(H,28,31). The number of para-hydroxylation sites is 1. The van der Waals surface area contributed by atoms with Crippen molar-refractivity contribution in [3.63, 3.8) is 0 Å². The summed E-state index contributed by atoms with van der Waals surface area (Å²) in [6.45, 7) is 1.98. The van der Waals surface area contributed by atoms with Crippen LogP contribution in [0.25, 0.3) is 0 Å². The van der Waals surface area contributed by atoms with Crippen molar-refractivity contribution in [2.45, 2.75) is 49.6 Å². The van der Waals surface area contributed by atoms with Crippen LogP contribution in [0.2, 0.25) is 0 Å². The van der Waals surface area contributed by atoms with Gasteiger partial charge in [0, 0.05) is 23.8 Å². The minimum absolute atomic E-state index is 0.0740. The highest BCUT2D eigenvalue weighted by Gasteiger charge is 2.36. The first-order chi connectivity index (χ1) is 16.8. The van der Waals surface area contributed by atoms with E-state index in [1.165, 1.54) is 6.07 Å². The lowest BCUT2D eigenvalue weighted by Crippen LogP contribution is -2.51. The van der Waals surface area contributed by atoms with E-state index in [-0.39, 0.29) is 29.2 Å². The topological polar surface area (TPSA) is 95.6 Å². The molecule has 7 nitrogen and oxygen atoms in total. The minimum Gasteiger partial charge on any atom is -0.326 e. The zero-order valence-corrected chi connectivity index (χ0v) is 20.2. The predicted octanol–water partition coefficient (Wildman–Crippen LogP) is 3.44. The van der Waals surface area contributed by atoms with Gasteiger partial charge in [0.2, 0.25) is 21.8 Å². The van der Waals surface area contributed by atoms with Crippen molar-refractivity contribution in [2.75, 3.05) is 10.2 Å². The molecule has 0 saturated carbocycles. The molecule has 2 amide bonds. The van der Waals surface area contributed by atoms with Gasteiger partial charge < -0.3 is 10.2 Å². The second kappa shape index (κ2) is 9.28. The van der Waals surface area contributed by atoms with Crippen molar-refractivity contribution in [1.82, 2.24) is 4.72 Å². The maximum absolute atomic E-state index is 13.9. The molecular formula is C27H27N3O4S. The van der Waals surface area contributed by atoms with Crippen LogP contribution in [0.1, 0.15) is 30.0 Å². The minimum atomic E-state index is -4.01. The van der Waals surface area contributed by atoms with E-state index in [9.17, 15) is 18.0 Å². The number of rotatable bonds is 6. The van der Waals surface area contributed by atoms with E-state index >= 15 is 0 Å². The average molecular weight is 490 g/mol. The Kier molecular flexibility index (Phi) is 6.17. The van der Waals surface area contributed by atoms with Gasteiger partial charge in [0.1, 0.15) is 6.04 Å². The van der Waals surface area contributed by atoms with Crippen LogP contribution in [-0.2, 0) is 38.9 Å². The number of anilines is 2. The molecule has 2 heterocycles. The number of fused-ring (bicyclic) bond motifs is 2. The van der Waals surface area contributed by atoms with Gasteiger partial charge in [0.25, 0.3) is 0 Å². The molecule has 8 heteroatoms. The second-order valence-corrected chi connectivity index (χ2v) is 10.8. The molecule has 0 fully saturated rings. The van der Waals surface area contributed by atoms with E-state index in [0.29, 0.717) is 18.5 Å². The third-order valence-corrected chi connectivity index (χ3v) is 8.07. The molecule has 2 aliphatic heterocycles. The molecule has 0 saturated heterocycles. The highest BCUT2D eigenvalue weighted by Crippen LogP contribution is 2.33. The van der Waals surface area contributed by atoms with Crippen molar-refractivity contribution >= 4 is 33.2 Å². The van der Waals surface area contributed by atoms with E-state index in [2.05, 4.69) is 10.0 Å². The molecule has 2 atom stereocenters. The Morgan fingerprint density at radius 2 is 1.77 bits per heavy atom. The lowest BCUT2D eigenvalue weighted by atomic mass is 10.0. The van der Waals surface area contributed by atoms with Crippen LogP contribution in [0.3, 0.4) is 0 Å². The van der Waals surface area contributed by atoms with Crippen LogP contribution in [0.4, 0.5) is 11.4 Å². The van der Waals surface area contributed by atoms with E-state index in [4.69, 9.17) is 0 Å². The van der Waals surface area contributed by atoms with E-state index in [1.54, 1.807) is 17.0 Å². The number of benzene rings is 3. The summed E-state index contributed by atoms with van der Waals surface area (Å²) < 4.78 is 29.6. The summed E-state index contributed by atoms with van der Waals surface area (Å²) in [6.07, 6.45) is 1.73. The Morgan fingerprint density at radius 1 is 1.03 bits per heavy atom. The Balaban J connectivity index is 1.47. The zero-order chi connectivity index (χ0) is 24.6. The average Bonchev–Trinajstić information content (AvgIpc) is 3.19. The molecule has 5 rings (SSSR count). The smallest absolute Gasteiger partial charge is 0.245 e. The van der Waals surface area contributed by atoms with Crippen LogP contribution in [0.15, 0.2) is 77.7 Å². The van der Waals surface area contributed by atoms with Gasteiger partial charge >= 0.3 is 0 Å². The van der Waals surface area contributed by atoms with Gasteiger partial charge in [-0.25, -0.2) is 8.42 Å². The van der Waals surface area contributed by atoms with Crippen molar-refractivity contribution in [1.29, 1.82) is 0 Å². The third kappa shape index (κ3) is 4.72. The molecule has 0 radical (unpaired) electrons. The fourth-order valence-corrected chi connectivity index (χ4v) is 6.12. The Hall–Kier alpha value is -3.49. The fraction of sp³-hybridized carbons (Fsp3) is 0.259. The number of carbonyl (C=O) groups is 2. The largest absolute Gasteiger partial charge is 0.326 e. The van der Waals surface area contributed by atoms with Gasteiger partial charge in [-0.3, -0.25) is 9.59 Å². The van der Waals surface area contributed by atoms with Crippen LogP contribution in [0.5, 0.6) is 0 Å². The lowest BCUT2D eigenvalue weighted by molar-refractivity contribution is -0.120. The van der Waals surface area contributed by atoms with Crippen molar-refractivity contribution in [2.24, 2.45) is 0 Å². The van der Waals surface area contributed by atoms with Gasteiger partial charge in [-0.2, -0.15) is 4.72 Å².